The van der Waals surface area contributed by atoms with E-state index < -0.39 is 0 Å². The van der Waals surface area contributed by atoms with Gasteiger partial charge < -0.3 is 0 Å². The fourth-order valence-electron chi connectivity index (χ4n) is 0.875. The predicted molar refractivity (Wildman–Crippen MR) is 52.6 cm³/mol. The third kappa shape index (κ3) is 5.65. The fraction of sp³-hybridized carbons (Fsp3) is 0.455. The van der Waals surface area contributed by atoms with Gasteiger partial charge in [-0.05, 0) is 40.2 Å². The van der Waals surface area contributed by atoms with E-state index in [0.29, 0.717) is 0 Å². The zero-order valence-electron chi connectivity index (χ0n) is 8.23. The quantitative estimate of drug-likeness (QED) is 0.524. The smallest absolute Gasteiger partial charge is 0.0301 e. The lowest BCUT2D eigenvalue weighted by Gasteiger charge is -1.95. The molecule has 0 amide bonds. The van der Waals surface area contributed by atoms with E-state index in [2.05, 4.69) is 52.8 Å². The largest absolute Gasteiger partial charge is 0.0804 e. The van der Waals surface area contributed by atoms with Crippen LogP contribution in [-0.2, 0) is 0 Å². The van der Waals surface area contributed by atoms with Crippen LogP contribution in [0.2, 0.25) is 0 Å². The van der Waals surface area contributed by atoms with Crippen molar-refractivity contribution in [1.29, 1.82) is 0 Å². The number of hydrogen-bond donors (Lipinski definition) is 0. The topological polar surface area (TPSA) is 0 Å². The summed E-state index contributed by atoms with van der Waals surface area (Å²) in [6.07, 6.45) is 6.50. The van der Waals surface area contributed by atoms with Gasteiger partial charge in [0, 0.05) is 0 Å². The number of allylic oxidation sites excluding steroid dienone is 6. The van der Waals surface area contributed by atoms with Crippen molar-refractivity contribution < 1.29 is 0 Å². The van der Waals surface area contributed by atoms with E-state index in [1.165, 1.54) is 16.7 Å². The Kier molecular flexibility index (Phi) is 4.60. The summed E-state index contributed by atoms with van der Waals surface area (Å²) >= 11 is 0. The lowest BCUT2D eigenvalue weighted by Crippen LogP contribution is -1.74. The first-order chi connectivity index (χ1) is 5.06. The minimum atomic E-state index is 1.30. The Morgan fingerprint density at radius 3 is 1.36 bits per heavy atom. The predicted octanol–water partition coefficient (Wildman–Crippen LogP) is 3.87. The zero-order chi connectivity index (χ0) is 8.85. The second-order valence-electron chi connectivity index (χ2n) is 3.23. The van der Waals surface area contributed by atoms with Gasteiger partial charge in [0.2, 0.25) is 0 Å². The molecule has 0 N–H and O–H groups in total. The molecular weight excluding hydrogens is 132 g/mol. The van der Waals surface area contributed by atoms with Crippen molar-refractivity contribution in [2.24, 2.45) is 0 Å². The minimum absolute atomic E-state index is 1.30. The molecule has 0 atom stereocenters. The van der Waals surface area contributed by atoms with Crippen LogP contribution in [0, 0.1) is 0 Å². The minimum Gasteiger partial charge on any atom is -0.0804 e. The molecule has 62 valence electrons. The zero-order valence-corrected chi connectivity index (χ0v) is 8.23. The first-order valence-corrected chi connectivity index (χ1v) is 4.02. The van der Waals surface area contributed by atoms with Gasteiger partial charge in [0.25, 0.3) is 0 Å². The van der Waals surface area contributed by atoms with Crippen LogP contribution in [0.5, 0.6) is 0 Å². The van der Waals surface area contributed by atoms with Crippen LogP contribution in [0.3, 0.4) is 0 Å². The summed E-state index contributed by atoms with van der Waals surface area (Å²) in [5.74, 6) is 0. The maximum Gasteiger partial charge on any atom is -0.0301 e. The average molecular weight is 150 g/mol. The lowest BCUT2D eigenvalue weighted by atomic mass is 10.1. The van der Waals surface area contributed by atoms with E-state index in [1.54, 1.807) is 0 Å². The average Bonchev–Trinajstić information content (AvgIpc) is 1.84. The fourth-order valence-corrected chi connectivity index (χ4v) is 0.875. The molecule has 11 heavy (non-hydrogen) atoms. The molecule has 0 rings (SSSR count). The van der Waals surface area contributed by atoms with E-state index in [9.17, 15) is 0 Å². The van der Waals surface area contributed by atoms with Crippen LogP contribution in [0.1, 0.15) is 34.6 Å². The van der Waals surface area contributed by atoms with Gasteiger partial charge in [-0.3, -0.25) is 0 Å². The third-order valence-corrected chi connectivity index (χ3v) is 1.24. The van der Waals surface area contributed by atoms with Crippen molar-refractivity contribution >= 4 is 0 Å². The Balaban J connectivity index is 4.47. The number of hydrogen-bond acceptors (Lipinski definition) is 0. The van der Waals surface area contributed by atoms with E-state index in [1.807, 2.05) is 0 Å². The van der Waals surface area contributed by atoms with Gasteiger partial charge in [-0.15, -0.1) is 0 Å². The molecule has 0 unspecified atom stereocenters. The van der Waals surface area contributed by atoms with Crippen molar-refractivity contribution in [3.05, 3.63) is 34.9 Å². The molecule has 0 aliphatic carbocycles. The molecule has 0 aliphatic rings. The highest BCUT2D eigenvalue weighted by Crippen LogP contribution is 2.06. The molecule has 0 heteroatoms. The van der Waals surface area contributed by atoms with Crippen LogP contribution >= 0.6 is 0 Å². The van der Waals surface area contributed by atoms with Gasteiger partial charge in [-0.1, -0.05) is 29.4 Å². The van der Waals surface area contributed by atoms with E-state index in [0.717, 1.165) is 0 Å². The summed E-state index contributed by atoms with van der Waals surface area (Å²) in [6.45, 7) is 10.5. The summed E-state index contributed by atoms with van der Waals surface area (Å²) in [7, 11) is 0. The second kappa shape index (κ2) is 4.95. The lowest BCUT2D eigenvalue weighted by molar-refractivity contribution is 1.34. The molecule has 0 aromatic heterocycles. The summed E-state index contributed by atoms with van der Waals surface area (Å²) < 4.78 is 0. The van der Waals surface area contributed by atoms with Gasteiger partial charge >= 0.3 is 0 Å². The Morgan fingerprint density at radius 1 is 0.818 bits per heavy atom. The molecule has 0 saturated heterocycles. The Labute approximate surface area is 70.3 Å². The monoisotopic (exact) mass is 150 g/mol. The molecule has 0 bridgehead atoms. The van der Waals surface area contributed by atoms with Gasteiger partial charge in [-0.25, -0.2) is 0 Å². The maximum absolute atomic E-state index is 2.19. The molecule has 0 spiro atoms. The van der Waals surface area contributed by atoms with Crippen molar-refractivity contribution in [2.75, 3.05) is 0 Å². The van der Waals surface area contributed by atoms with Crippen LogP contribution in [0.15, 0.2) is 34.9 Å². The van der Waals surface area contributed by atoms with Crippen LogP contribution in [0.4, 0.5) is 0 Å². The summed E-state index contributed by atoms with van der Waals surface area (Å²) in [4.78, 5) is 0. The van der Waals surface area contributed by atoms with Gasteiger partial charge in [0.05, 0.1) is 0 Å². The standard InChI is InChI=1S/C11H18/c1-6-11(7-9(2)3)8-10(4)5/h6-8H,1-5H3. The van der Waals surface area contributed by atoms with Gasteiger partial charge in [0.1, 0.15) is 0 Å². The van der Waals surface area contributed by atoms with Crippen molar-refractivity contribution in [3.8, 4) is 0 Å². The summed E-state index contributed by atoms with van der Waals surface area (Å²) in [5.41, 5.74) is 3.98. The first kappa shape index (κ1) is 10.2. The van der Waals surface area contributed by atoms with Crippen molar-refractivity contribution in [3.63, 3.8) is 0 Å². The number of rotatable bonds is 2. The highest BCUT2D eigenvalue weighted by molar-refractivity contribution is 5.33. The first-order valence-electron chi connectivity index (χ1n) is 4.02. The molecule has 0 saturated carbocycles. The van der Waals surface area contributed by atoms with E-state index >= 15 is 0 Å². The molecule has 0 aromatic rings. The highest BCUT2D eigenvalue weighted by atomic mass is 13.9. The molecule has 0 heterocycles. The maximum atomic E-state index is 2.19. The molecule has 0 aromatic carbocycles. The van der Waals surface area contributed by atoms with Crippen LogP contribution < -0.4 is 0 Å². The Hall–Kier alpha value is -0.780. The normalized spacial score (nSPS) is 8.45. The Bertz CT molecular complexity index is 174. The van der Waals surface area contributed by atoms with Gasteiger partial charge in [0.15, 0.2) is 0 Å². The van der Waals surface area contributed by atoms with Crippen LogP contribution in [-0.4, -0.2) is 0 Å². The molecule has 0 aliphatic heterocycles. The van der Waals surface area contributed by atoms with E-state index in [4.69, 9.17) is 0 Å². The van der Waals surface area contributed by atoms with Crippen molar-refractivity contribution in [1.82, 2.24) is 0 Å². The summed E-state index contributed by atoms with van der Waals surface area (Å²) in [6, 6.07) is 0. The highest BCUT2D eigenvalue weighted by Gasteiger charge is 1.85. The Morgan fingerprint density at radius 2 is 1.18 bits per heavy atom. The molecule has 0 nitrogen and oxygen atoms in total. The molecular formula is C11H18. The third-order valence-electron chi connectivity index (χ3n) is 1.24. The molecule has 0 fully saturated rings. The molecule has 0 radical (unpaired) electrons. The summed E-state index contributed by atoms with van der Waals surface area (Å²) in [5, 5.41) is 0. The van der Waals surface area contributed by atoms with E-state index in [-0.39, 0.29) is 0 Å². The SMILES string of the molecule is CC=C(C=C(C)C)C=C(C)C. The van der Waals surface area contributed by atoms with Crippen molar-refractivity contribution in [2.45, 2.75) is 34.6 Å². The van der Waals surface area contributed by atoms with Crippen LogP contribution in [0.25, 0.3) is 0 Å². The second-order valence-corrected chi connectivity index (χ2v) is 3.23. The van der Waals surface area contributed by atoms with Gasteiger partial charge in [-0.2, -0.15) is 0 Å².